The van der Waals surface area contributed by atoms with Crippen LogP contribution in [0, 0.1) is 5.92 Å². The van der Waals surface area contributed by atoms with E-state index in [1.807, 2.05) is 0 Å². The smallest absolute Gasteiger partial charge is 0.134 e. The quantitative estimate of drug-likeness (QED) is 0.810. The van der Waals surface area contributed by atoms with E-state index in [9.17, 15) is 0 Å². The molecule has 0 amide bonds. The summed E-state index contributed by atoms with van der Waals surface area (Å²) in [7, 11) is 0. The Morgan fingerprint density at radius 3 is 2.52 bits per heavy atom. The van der Waals surface area contributed by atoms with Crippen LogP contribution in [0.5, 0.6) is 0 Å². The molecule has 6 nitrogen and oxygen atoms in total. The lowest BCUT2D eigenvalue weighted by Crippen LogP contribution is -2.50. The summed E-state index contributed by atoms with van der Waals surface area (Å²) in [6.45, 7) is 7.83. The lowest BCUT2D eigenvalue weighted by molar-refractivity contribution is -0.00970. The topological polar surface area (TPSA) is 44.7 Å². The maximum atomic E-state index is 6.02. The standard InChI is InChI=1S/C21H33N5O/c1-4-12-27-18(5-1)14-25-10-6-17-7-11-26(15-19(17)25)21-13-20(22-16-23-21)24-8-2-3-9-24/h13,16-19H,1-12,14-15H2. The van der Waals surface area contributed by atoms with E-state index in [-0.39, 0.29) is 0 Å². The van der Waals surface area contributed by atoms with Crippen LogP contribution in [0.25, 0.3) is 0 Å². The van der Waals surface area contributed by atoms with Crippen molar-refractivity contribution in [3.05, 3.63) is 12.4 Å². The Hall–Kier alpha value is -1.40. The van der Waals surface area contributed by atoms with Crippen LogP contribution in [0.2, 0.25) is 0 Å². The van der Waals surface area contributed by atoms with Gasteiger partial charge in [0.05, 0.1) is 6.10 Å². The Morgan fingerprint density at radius 2 is 1.70 bits per heavy atom. The molecule has 27 heavy (non-hydrogen) atoms. The van der Waals surface area contributed by atoms with Gasteiger partial charge in [-0.05, 0) is 57.4 Å². The molecule has 0 aliphatic carbocycles. The molecule has 4 aliphatic rings. The number of fused-ring (bicyclic) bond motifs is 1. The minimum atomic E-state index is 0.452. The second-order valence-electron chi connectivity index (χ2n) is 8.76. The second-order valence-corrected chi connectivity index (χ2v) is 8.76. The lowest BCUT2D eigenvalue weighted by atomic mass is 9.92. The van der Waals surface area contributed by atoms with Crippen LogP contribution < -0.4 is 9.80 Å². The summed E-state index contributed by atoms with van der Waals surface area (Å²) in [4.78, 5) is 16.8. The molecule has 4 aliphatic heterocycles. The number of hydrogen-bond donors (Lipinski definition) is 0. The molecule has 1 aromatic heterocycles. The number of hydrogen-bond acceptors (Lipinski definition) is 6. The fourth-order valence-electron chi connectivity index (χ4n) is 5.51. The molecule has 0 saturated carbocycles. The Bertz CT molecular complexity index is 629. The van der Waals surface area contributed by atoms with Crippen LogP contribution in [0.4, 0.5) is 11.6 Å². The number of piperidine rings is 1. The highest BCUT2D eigenvalue weighted by atomic mass is 16.5. The van der Waals surface area contributed by atoms with Crippen molar-refractivity contribution in [3.63, 3.8) is 0 Å². The van der Waals surface area contributed by atoms with Crippen LogP contribution in [0.3, 0.4) is 0 Å². The number of anilines is 2. The predicted octanol–water partition coefficient (Wildman–Crippen LogP) is 2.55. The van der Waals surface area contributed by atoms with Crippen molar-refractivity contribution < 1.29 is 4.74 Å². The summed E-state index contributed by atoms with van der Waals surface area (Å²) in [5, 5.41) is 0. The largest absolute Gasteiger partial charge is 0.377 e. The molecule has 5 rings (SSSR count). The molecule has 3 atom stereocenters. The number of aromatic nitrogens is 2. The monoisotopic (exact) mass is 371 g/mol. The van der Waals surface area contributed by atoms with E-state index >= 15 is 0 Å². The average molecular weight is 372 g/mol. The van der Waals surface area contributed by atoms with Gasteiger partial charge in [-0.2, -0.15) is 0 Å². The van der Waals surface area contributed by atoms with Crippen molar-refractivity contribution in [1.82, 2.24) is 14.9 Å². The van der Waals surface area contributed by atoms with E-state index in [0.717, 1.165) is 56.9 Å². The molecule has 0 spiro atoms. The molecular weight excluding hydrogens is 338 g/mol. The third kappa shape index (κ3) is 3.79. The van der Waals surface area contributed by atoms with E-state index < -0.39 is 0 Å². The first kappa shape index (κ1) is 17.7. The molecule has 0 aromatic carbocycles. The van der Waals surface area contributed by atoms with Gasteiger partial charge in [0.25, 0.3) is 0 Å². The van der Waals surface area contributed by atoms with Gasteiger partial charge in [0.1, 0.15) is 18.0 Å². The molecule has 4 fully saturated rings. The minimum absolute atomic E-state index is 0.452. The Labute approximate surface area is 162 Å². The van der Waals surface area contributed by atoms with Crippen molar-refractivity contribution in [2.24, 2.45) is 5.92 Å². The summed E-state index contributed by atoms with van der Waals surface area (Å²) in [6, 6.07) is 2.88. The molecule has 6 heteroatoms. The molecule has 4 saturated heterocycles. The van der Waals surface area contributed by atoms with Crippen molar-refractivity contribution in [1.29, 1.82) is 0 Å². The summed E-state index contributed by atoms with van der Waals surface area (Å²) < 4.78 is 6.02. The van der Waals surface area contributed by atoms with Gasteiger partial charge in [0, 0.05) is 51.4 Å². The van der Waals surface area contributed by atoms with Crippen LogP contribution in [0.15, 0.2) is 12.4 Å². The molecule has 0 bridgehead atoms. The summed E-state index contributed by atoms with van der Waals surface area (Å²) >= 11 is 0. The van der Waals surface area contributed by atoms with Gasteiger partial charge in [-0.15, -0.1) is 0 Å². The normalized spacial score (nSPS) is 32.1. The van der Waals surface area contributed by atoms with E-state index in [4.69, 9.17) is 4.74 Å². The Balaban J connectivity index is 1.26. The first-order valence-electron chi connectivity index (χ1n) is 11.0. The number of likely N-dealkylation sites (tertiary alicyclic amines) is 1. The van der Waals surface area contributed by atoms with Gasteiger partial charge in [-0.1, -0.05) is 0 Å². The molecule has 5 heterocycles. The molecule has 0 N–H and O–H groups in total. The Morgan fingerprint density at radius 1 is 0.889 bits per heavy atom. The van der Waals surface area contributed by atoms with Crippen molar-refractivity contribution in [2.45, 2.75) is 57.1 Å². The third-order valence-corrected chi connectivity index (χ3v) is 7.08. The van der Waals surface area contributed by atoms with Gasteiger partial charge < -0.3 is 14.5 Å². The minimum Gasteiger partial charge on any atom is -0.377 e. The van der Waals surface area contributed by atoms with Crippen LogP contribution in [-0.2, 0) is 4.74 Å². The average Bonchev–Trinajstić information content (AvgIpc) is 3.39. The van der Waals surface area contributed by atoms with Gasteiger partial charge in [0.2, 0.25) is 0 Å². The SMILES string of the molecule is c1nc(N2CCCC2)cc(N2CCC3CCN(CC4CCCCO4)C3C2)n1. The zero-order valence-electron chi connectivity index (χ0n) is 16.4. The molecule has 3 unspecified atom stereocenters. The molecule has 148 valence electrons. The van der Waals surface area contributed by atoms with Crippen LogP contribution in [0.1, 0.15) is 44.9 Å². The summed E-state index contributed by atoms with van der Waals surface area (Å²) in [6.07, 6.45) is 11.2. The number of ether oxygens (including phenoxy) is 1. The highest BCUT2D eigenvalue weighted by molar-refractivity contribution is 5.51. The Kier molecular flexibility index (Phi) is 5.18. The zero-order valence-corrected chi connectivity index (χ0v) is 16.4. The zero-order chi connectivity index (χ0) is 18.1. The van der Waals surface area contributed by atoms with E-state index in [2.05, 4.69) is 30.7 Å². The van der Waals surface area contributed by atoms with Gasteiger partial charge in [0.15, 0.2) is 0 Å². The molecular formula is C21H33N5O. The molecule has 1 aromatic rings. The van der Waals surface area contributed by atoms with Gasteiger partial charge in [-0.3, -0.25) is 4.90 Å². The van der Waals surface area contributed by atoms with Gasteiger partial charge in [-0.25, -0.2) is 9.97 Å². The maximum Gasteiger partial charge on any atom is 0.134 e. The highest BCUT2D eigenvalue weighted by Crippen LogP contribution is 2.34. The van der Waals surface area contributed by atoms with E-state index in [0.29, 0.717) is 12.1 Å². The van der Waals surface area contributed by atoms with E-state index in [1.165, 1.54) is 51.5 Å². The van der Waals surface area contributed by atoms with Crippen molar-refractivity contribution >= 4 is 11.6 Å². The molecule has 0 radical (unpaired) electrons. The number of rotatable bonds is 4. The number of nitrogens with zero attached hydrogens (tertiary/aromatic N) is 5. The third-order valence-electron chi connectivity index (χ3n) is 7.08. The highest BCUT2D eigenvalue weighted by Gasteiger charge is 2.39. The van der Waals surface area contributed by atoms with Crippen LogP contribution in [-0.4, -0.2) is 72.9 Å². The predicted molar refractivity (Wildman–Crippen MR) is 107 cm³/mol. The van der Waals surface area contributed by atoms with Gasteiger partial charge >= 0.3 is 0 Å². The summed E-state index contributed by atoms with van der Waals surface area (Å²) in [5.74, 6) is 3.08. The maximum absolute atomic E-state index is 6.02. The fourth-order valence-corrected chi connectivity index (χ4v) is 5.51. The fraction of sp³-hybridized carbons (Fsp3) is 0.810. The van der Waals surface area contributed by atoms with Crippen LogP contribution >= 0.6 is 0 Å². The van der Waals surface area contributed by atoms with Crippen molar-refractivity contribution in [3.8, 4) is 0 Å². The second kappa shape index (κ2) is 7.92. The first-order chi connectivity index (χ1) is 13.4. The summed E-state index contributed by atoms with van der Waals surface area (Å²) in [5.41, 5.74) is 0. The van der Waals surface area contributed by atoms with Crippen molar-refractivity contribution in [2.75, 3.05) is 55.7 Å². The first-order valence-corrected chi connectivity index (χ1v) is 11.0. The lowest BCUT2D eigenvalue weighted by Gasteiger charge is -2.40. The van der Waals surface area contributed by atoms with E-state index in [1.54, 1.807) is 6.33 Å².